The Bertz CT molecular complexity index is 401. The van der Waals surface area contributed by atoms with E-state index in [-0.39, 0.29) is 0 Å². The van der Waals surface area contributed by atoms with Gasteiger partial charge in [0.1, 0.15) is 5.82 Å². The second kappa shape index (κ2) is 5.91. The monoisotopic (exact) mass is 261 g/mol. The van der Waals surface area contributed by atoms with E-state index in [4.69, 9.17) is 0 Å². The summed E-state index contributed by atoms with van der Waals surface area (Å²) in [4.78, 5) is 7.05. The molecule has 1 aromatic heterocycles. The molecule has 0 radical (unpaired) electrons. The zero-order chi connectivity index (χ0) is 13.9. The van der Waals surface area contributed by atoms with Crippen molar-refractivity contribution in [3.63, 3.8) is 0 Å². The molecule has 106 valence electrons. The van der Waals surface area contributed by atoms with Gasteiger partial charge >= 0.3 is 0 Å². The van der Waals surface area contributed by atoms with E-state index in [1.165, 1.54) is 24.2 Å². The predicted octanol–water partition coefficient (Wildman–Crippen LogP) is 3.06. The standard InChI is InChI=1S/C16H27N3/c1-16(2,3)14-7-10-19(11-8-14)15-13(12-17-4)6-5-9-18-15/h5-6,9,14,17H,7-8,10-12H2,1-4H3. The van der Waals surface area contributed by atoms with Crippen LogP contribution >= 0.6 is 0 Å². The van der Waals surface area contributed by atoms with Gasteiger partial charge in [-0.1, -0.05) is 26.8 Å². The van der Waals surface area contributed by atoms with Gasteiger partial charge in [0, 0.05) is 31.4 Å². The van der Waals surface area contributed by atoms with Crippen LogP contribution in [0.4, 0.5) is 5.82 Å². The Kier molecular flexibility index (Phi) is 4.46. The molecule has 1 fully saturated rings. The Morgan fingerprint density at radius 3 is 2.58 bits per heavy atom. The maximum atomic E-state index is 4.59. The van der Waals surface area contributed by atoms with E-state index in [1.807, 2.05) is 19.3 Å². The minimum absolute atomic E-state index is 0.435. The van der Waals surface area contributed by atoms with Gasteiger partial charge in [0.2, 0.25) is 0 Å². The van der Waals surface area contributed by atoms with Crippen LogP contribution in [-0.2, 0) is 6.54 Å². The molecule has 1 aliphatic rings. The average Bonchev–Trinajstić information content (AvgIpc) is 2.39. The minimum Gasteiger partial charge on any atom is -0.356 e. The van der Waals surface area contributed by atoms with Crippen LogP contribution in [0, 0.1) is 11.3 Å². The highest BCUT2D eigenvalue weighted by Gasteiger charge is 2.29. The fourth-order valence-corrected chi connectivity index (χ4v) is 3.00. The molecule has 1 N–H and O–H groups in total. The molecule has 0 amide bonds. The van der Waals surface area contributed by atoms with Crippen molar-refractivity contribution in [2.75, 3.05) is 25.0 Å². The molecule has 1 saturated heterocycles. The van der Waals surface area contributed by atoms with Crippen molar-refractivity contribution in [3.8, 4) is 0 Å². The molecule has 0 bridgehead atoms. The molecule has 0 saturated carbocycles. The third kappa shape index (κ3) is 3.47. The Balaban J connectivity index is 2.05. The first-order valence-corrected chi connectivity index (χ1v) is 7.36. The van der Waals surface area contributed by atoms with E-state index in [0.717, 1.165) is 25.6 Å². The molecule has 3 nitrogen and oxygen atoms in total. The Hall–Kier alpha value is -1.09. The number of rotatable bonds is 3. The summed E-state index contributed by atoms with van der Waals surface area (Å²) >= 11 is 0. The van der Waals surface area contributed by atoms with E-state index >= 15 is 0 Å². The van der Waals surface area contributed by atoms with Gasteiger partial charge in [-0.2, -0.15) is 0 Å². The van der Waals surface area contributed by atoms with E-state index in [2.05, 4.69) is 42.0 Å². The van der Waals surface area contributed by atoms with Gasteiger partial charge in [0.25, 0.3) is 0 Å². The van der Waals surface area contributed by atoms with E-state index < -0.39 is 0 Å². The third-order valence-corrected chi connectivity index (χ3v) is 4.25. The first-order chi connectivity index (χ1) is 9.02. The van der Waals surface area contributed by atoms with Crippen molar-refractivity contribution in [2.24, 2.45) is 11.3 Å². The van der Waals surface area contributed by atoms with E-state index in [0.29, 0.717) is 5.41 Å². The number of anilines is 1. The number of hydrogen-bond acceptors (Lipinski definition) is 3. The number of nitrogens with one attached hydrogen (secondary N) is 1. The van der Waals surface area contributed by atoms with Gasteiger partial charge in [-0.25, -0.2) is 4.98 Å². The third-order valence-electron chi connectivity index (χ3n) is 4.25. The van der Waals surface area contributed by atoms with Crippen molar-refractivity contribution in [1.29, 1.82) is 0 Å². The SMILES string of the molecule is CNCc1cccnc1N1CCC(C(C)(C)C)CC1. The molecule has 19 heavy (non-hydrogen) atoms. The lowest BCUT2D eigenvalue weighted by Gasteiger charge is -2.39. The van der Waals surface area contributed by atoms with Gasteiger partial charge in [0.05, 0.1) is 0 Å². The summed E-state index contributed by atoms with van der Waals surface area (Å²) < 4.78 is 0. The molecule has 0 unspecified atom stereocenters. The molecule has 0 aliphatic carbocycles. The van der Waals surface area contributed by atoms with Crippen LogP contribution in [0.1, 0.15) is 39.2 Å². The van der Waals surface area contributed by atoms with Gasteiger partial charge in [-0.15, -0.1) is 0 Å². The van der Waals surface area contributed by atoms with Crippen molar-refractivity contribution in [2.45, 2.75) is 40.2 Å². The summed E-state index contributed by atoms with van der Waals surface area (Å²) in [7, 11) is 1.99. The van der Waals surface area contributed by atoms with Gasteiger partial charge in [-0.05, 0) is 37.3 Å². The molecular weight excluding hydrogens is 234 g/mol. The van der Waals surface area contributed by atoms with Crippen LogP contribution in [0.5, 0.6) is 0 Å². The molecule has 1 aromatic rings. The molecule has 1 aliphatic heterocycles. The van der Waals surface area contributed by atoms with E-state index in [9.17, 15) is 0 Å². The van der Waals surface area contributed by atoms with Crippen LogP contribution in [0.15, 0.2) is 18.3 Å². The first-order valence-electron chi connectivity index (χ1n) is 7.36. The number of aromatic nitrogens is 1. The number of pyridine rings is 1. The first kappa shape index (κ1) is 14.3. The van der Waals surface area contributed by atoms with Gasteiger partial charge < -0.3 is 10.2 Å². The zero-order valence-corrected chi connectivity index (χ0v) is 12.7. The van der Waals surface area contributed by atoms with Crippen molar-refractivity contribution < 1.29 is 0 Å². The number of piperidine rings is 1. The molecule has 0 atom stereocenters. The highest BCUT2D eigenvalue weighted by atomic mass is 15.2. The van der Waals surface area contributed by atoms with Crippen LogP contribution in [0.25, 0.3) is 0 Å². The normalized spacial score (nSPS) is 17.8. The summed E-state index contributed by atoms with van der Waals surface area (Å²) in [6, 6.07) is 4.20. The molecule has 0 spiro atoms. The topological polar surface area (TPSA) is 28.2 Å². The Morgan fingerprint density at radius 2 is 2.00 bits per heavy atom. The summed E-state index contributed by atoms with van der Waals surface area (Å²) in [6.07, 6.45) is 4.46. The maximum Gasteiger partial charge on any atom is 0.133 e. The smallest absolute Gasteiger partial charge is 0.133 e. The summed E-state index contributed by atoms with van der Waals surface area (Å²) in [5, 5.41) is 3.23. The number of nitrogens with zero attached hydrogens (tertiary/aromatic N) is 2. The maximum absolute atomic E-state index is 4.59. The lowest BCUT2D eigenvalue weighted by Crippen LogP contribution is -2.39. The molecular formula is C16H27N3. The van der Waals surface area contributed by atoms with Gasteiger partial charge in [0.15, 0.2) is 0 Å². The summed E-state index contributed by atoms with van der Waals surface area (Å²) in [5.74, 6) is 2.00. The summed E-state index contributed by atoms with van der Waals surface area (Å²) in [6.45, 7) is 10.2. The number of hydrogen-bond donors (Lipinski definition) is 1. The molecule has 3 heteroatoms. The molecule has 2 rings (SSSR count). The summed E-state index contributed by atoms with van der Waals surface area (Å²) in [5.41, 5.74) is 1.74. The second-order valence-electron chi connectivity index (χ2n) is 6.64. The van der Waals surface area contributed by atoms with Crippen LogP contribution in [-0.4, -0.2) is 25.1 Å². The highest BCUT2D eigenvalue weighted by molar-refractivity contribution is 5.47. The van der Waals surface area contributed by atoms with E-state index in [1.54, 1.807) is 0 Å². The lowest BCUT2D eigenvalue weighted by molar-refractivity contribution is 0.198. The van der Waals surface area contributed by atoms with Crippen LogP contribution in [0.2, 0.25) is 0 Å². The quantitative estimate of drug-likeness (QED) is 0.906. The van der Waals surface area contributed by atoms with Crippen LogP contribution < -0.4 is 10.2 Å². The predicted molar refractivity (Wildman–Crippen MR) is 81.4 cm³/mol. The highest BCUT2D eigenvalue weighted by Crippen LogP contribution is 2.35. The Labute approximate surface area is 117 Å². The molecule has 2 heterocycles. The van der Waals surface area contributed by atoms with Crippen molar-refractivity contribution in [3.05, 3.63) is 23.9 Å². The second-order valence-corrected chi connectivity index (χ2v) is 6.64. The lowest BCUT2D eigenvalue weighted by atomic mass is 9.75. The zero-order valence-electron chi connectivity index (χ0n) is 12.7. The van der Waals surface area contributed by atoms with Crippen LogP contribution in [0.3, 0.4) is 0 Å². The Morgan fingerprint density at radius 1 is 1.32 bits per heavy atom. The average molecular weight is 261 g/mol. The molecule has 0 aromatic carbocycles. The van der Waals surface area contributed by atoms with Crippen molar-refractivity contribution in [1.82, 2.24) is 10.3 Å². The fraction of sp³-hybridized carbons (Fsp3) is 0.688. The fourth-order valence-electron chi connectivity index (χ4n) is 3.00. The minimum atomic E-state index is 0.435. The largest absolute Gasteiger partial charge is 0.356 e. The van der Waals surface area contributed by atoms with Gasteiger partial charge in [-0.3, -0.25) is 0 Å². The van der Waals surface area contributed by atoms with Crippen molar-refractivity contribution >= 4 is 5.82 Å².